The van der Waals surface area contributed by atoms with E-state index in [9.17, 15) is 9.18 Å². The van der Waals surface area contributed by atoms with Crippen LogP contribution in [-0.2, 0) is 0 Å². The van der Waals surface area contributed by atoms with Crippen LogP contribution in [0, 0.1) is 12.7 Å². The molecule has 1 saturated carbocycles. The van der Waals surface area contributed by atoms with Crippen molar-refractivity contribution >= 4 is 10.8 Å². The number of aryl methyl sites for hydroxylation is 1. The summed E-state index contributed by atoms with van der Waals surface area (Å²) in [6.07, 6.45) is 3.89. The second-order valence-corrected chi connectivity index (χ2v) is 4.42. The first kappa shape index (κ1) is 9.58. The maximum absolute atomic E-state index is 13.6. The molecule has 2 nitrogen and oxygen atoms in total. The van der Waals surface area contributed by atoms with Crippen molar-refractivity contribution in [2.45, 2.75) is 25.8 Å². The highest BCUT2D eigenvalue weighted by molar-refractivity contribution is 5.85. The van der Waals surface area contributed by atoms with E-state index in [1.165, 1.54) is 6.07 Å². The SMILES string of the molecule is Cc1cn(C2CC2)c(=O)c2cccc(F)c12. The Morgan fingerprint density at radius 1 is 1.38 bits per heavy atom. The van der Waals surface area contributed by atoms with Crippen molar-refractivity contribution in [1.82, 2.24) is 4.57 Å². The summed E-state index contributed by atoms with van der Waals surface area (Å²) in [5.41, 5.74) is 0.766. The molecule has 0 spiro atoms. The molecule has 0 atom stereocenters. The summed E-state index contributed by atoms with van der Waals surface area (Å²) in [5.74, 6) is -0.310. The third-order valence-corrected chi connectivity index (χ3v) is 3.15. The Morgan fingerprint density at radius 3 is 2.81 bits per heavy atom. The molecule has 0 unspecified atom stereocenters. The molecule has 0 radical (unpaired) electrons. The van der Waals surface area contributed by atoms with Crippen molar-refractivity contribution in [3.63, 3.8) is 0 Å². The van der Waals surface area contributed by atoms with Crippen molar-refractivity contribution in [3.05, 3.63) is 46.1 Å². The molecule has 1 aromatic carbocycles. The Labute approximate surface area is 92.3 Å². The van der Waals surface area contributed by atoms with E-state index in [0.29, 0.717) is 16.8 Å². The molecule has 1 aliphatic carbocycles. The fourth-order valence-electron chi connectivity index (χ4n) is 2.20. The lowest BCUT2D eigenvalue weighted by atomic mass is 10.1. The lowest BCUT2D eigenvalue weighted by Gasteiger charge is -2.09. The smallest absolute Gasteiger partial charge is 0.258 e. The van der Waals surface area contributed by atoms with Gasteiger partial charge in [0.05, 0.1) is 5.39 Å². The van der Waals surface area contributed by atoms with Crippen LogP contribution in [0.3, 0.4) is 0 Å². The maximum Gasteiger partial charge on any atom is 0.258 e. The predicted molar refractivity (Wildman–Crippen MR) is 61.2 cm³/mol. The number of fused-ring (bicyclic) bond motifs is 1. The minimum absolute atomic E-state index is 0.0670. The minimum atomic E-state index is -0.310. The van der Waals surface area contributed by atoms with Crippen LogP contribution < -0.4 is 5.56 Å². The largest absolute Gasteiger partial charge is 0.312 e. The number of pyridine rings is 1. The first-order chi connectivity index (χ1) is 7.68. The van der Waals surface area contributed by atoms with Gasteiger partial charge in [-0.15, -0.1) is 0 Å². The normalized spacial score (nSPS) is 15.6. The molecule has 0 amide bonds. The summed E-state index contributed by atoms with van der Waals surface area (Å²) in [5, 5.41) is 0.955. The molecule has 0 N–H and O–H groups in total. The van der Waals surface area contributed by atoms with Crippen molar-refractivity contribution in [3.8, 4) is 0 Å². The highest BCUT2D eigenvalue weighted by Gasteiger charge is 2.25. The van der Waals surface area contributed by atoms with Crippen LogP contribution in [0.5, 0.6) is 0 Å². The standard InChI is InChI=1S/C13H12FNO/c1-8-7-15(9-5-6-9)13(16)10-3-2-4-11(14)12(8)10/h2-4,7,9H,5-6H2,1H3. The Bertz CT molecular complexity index is 626. The zero-order chi connectivity index (χ0) is 11.3. The van der Waals surface area contributed by atoms with E-state index < -0.39 is 0 Å². The van der Waals surface area contributed by atoms with E-state index in [4.69, 9.17) is 0 Å². The van der Waals surface area contributed by atoms with Gasteiger partial charge in [0, 0.05) is 17.6 Å². The number of hydrogen-bond donors (Lipinski definition) is 0. The number of aromatic nitrogens is 1. The molecular weight excluding hydrogens is 205 g/mol. The summed E-state index contributed by atoms with van der Waals surface area (Å²) >= 11 is 0. The van der Waals surface area contributed by atoms with Crippen molar-refractivity contribution < 1.29 is 4.39 Å². The zero-order valence-corrected chi connectivity index (χ0v) is 9.03. The number of rotatable bonds is 1. The molecular formula is C13H12FNO. The first-order valence-corrected chi connectivity index (χ1v) is 5.48. The van der Waals surface area contributed by atoms with Gasteiger partial charge in [-0.3, -0.25) is 4.79 Å². The molecule has 16 heavy (non-hydrogen) atoms. The van der Waals surface area contributed by atoms with Gasteiger partial charge >= 0.3 is 0 Å². The van der Waals surface area contributed by atoms with Crippen LogP contribution in [0.2, 0.25) is 0 Å². The van der Waals surface area contributed by atoms with Crippen LogP contribution in [0.25, 0.3) is 10.8 Å². The van der Waals surface area contributed by atoms with Gasteiger partial charge in [-0.25, -0.2) is 4.39 Å². The summed E-state index contributed by atoms with van der Waals surface area (Å²) < 4.78 is 15.4. The Morgan fingerprint density at radius 2 is 2.12 bits per heavy atom. The second kappa shape index (κ2) is 3.17. The van der Waals surface area contributed by atoms with Crippen molar-refractivity contribution in [2.24, 2.45) is 0 Å². The molecule has 1 heterocycles. The van der Waals surface area contributed by atoms with E-state index in [2.05, 4.69) is 0 Å². The molecule has 82 valence electrons. The van der Waals surface area contributed by atoms with E-state index in [1.54, 1.807) is 22.9 Å². The van der Waals surface area contributed by atoms with Crippen LogP contribution in [-0.4, -0.2) is 4.57 Å². The molecule has 3 rings (SSSR count). The molecule has 1 aliphatic rings. The number of nitrogens with zero attached hydrogens (tertiary/aromatic N) is 1. The van der Waals surface area contributed by atoms with Gasteiger partial charge in [0.25, 0.3) is 5.56 Å². The number of benzene rings is 1. The topological polar surface area (TPSA) is 22.0 Å². The highest BCUT2D eigenvalue weighted by Crippen LogP contribution is 2.34. The first-order valence-electron chi connectivity index (χ1n) is 5.48. The average molecular weight is 217 g/mol. The van der Waals surface area contributed by atoms with E-state index in [1.807, 2.05) is 6.92 Å². The Hall–Kier alpha value is -1.64. The Balaban J connectivity index is 2.44. The quantitative estimate of drug-likeness (QED) is 0.720. The van der Waals surface area contributed by atoms with Crippen molar-refractivity contribution in [1.29, 1.82) is 0 Å². The molecule has 1 aromatic heterocycles. The maximum atomic E-state index is 13.6. The van der Waals surface area contributed by atoms with Crippen molar-refractivity contribution in [2.75, 3.05) is 0 Å². The van der Waals surface area contributed by atoms with Gasteiger partial charge in [-0.05, 0) is 37.5 Å². The second-order valence-electron chi connectivity index (χ2n) is 4.42. The predicted octanol–water partition coefficient (Wildman–Crippen LogP) is 2.78. The van der Waals surface area contributed by atoms with Crippen LogP contribution in [0.15, 0.2) is 29.2 Å². The molecule has 0 saturated heterocycles. The van der Waals surface area contributed by atoms with Gasteiger partial charge in [-0.1, -0.05) is 6.07 Å². The number of hydrogen-bond acceptors (Lipinski definition) is 1. The van der Waals surface area contributed by atoms with Crippen LogP contribution in [0.4, 0.5) is 4.39 Å². The molecule has 0 bridgehead atoms. The van der Waals surface area contributed by atoms with E-state index in [-0.39, 0.29) is 11.4 Å². The van der Waals surface area contributed by atoms with Crippen LogP contribution in [0.1, 0.15) is 24.4 Å². The molecule has 1 fully saturated rings. The summed E-state index contributed by atoms with van der Waals surface area (Å²) in [4.78, 5) is 12.1. The molecule has 2 aromatic rings. The number of halogens is 1. The summed E-state index contributed by atoms with van der Waals surface area (Å²) in [7, 11) is 0. The lowest BCUT2D eigenvalue weighted by Crippen LogP contribution is -2.19. The van der Waals surface area contributed by atoms with E-state index in [0.717, 1.165) is 18.4 Å². The van der Waals surface area contributed by atoms with Gasteiger partial charge in [0.15, 0.2) is 0 Å². The lowest BCUT2D eigenvalue weighted by molar-refractivity contribution is 0.637. The fraction of sp³-hybridized carbons (Fsp3) is 0.308. The minimum Gasteiger partial charge on any atom is -0.312 e. The van der Waals surface area contributed by atoms with Gasteiger partial charge in [-0.2, -0.15) is 0 Å². The average Bonchev–Trinajstić information content (AvgIpc) is 3.07. The molecule has 3 heteroatoms. The van der Waals surface area contributed by atoms with Gasteiger partial charge in [0.2, 0.25) is 0 Å². The molecule has 0 aliphatic heterocycles. The third kappa shape index (κ3) is 1.28. The summed E-state index contributed by atoms with van der Waals surface area (Å²) in [6.45, 7) is 1.85. The van der Waals surface area contributed by atoms with Crippen LogP contribution >= 0.6 is 0 Å². The monoisotopic (exact) mass is 217 g/mol. The van der Waals surface area contributed by atoms with E-state index >= 15 is 0 Å². The van der Waals surface area contributed by atoms with Gasteiger partial charge in [0.1, 0.15) is 5.82 Å². The zero-order valence-electron chi connectivity index (χ0n) is 9.03. The fourth-order valence-corrected chi connectivity index (χ4v) is 2.20. The highest BCUT2D eigenvalue weighted by atomic mass is 19.1. The Kier molecular flexibility index (Phi) is 1.90. The van der Waals surface area contributed by atoms with Gasteiger partial charge < -0.3 is 4.57 Å². The summed E-state index contributed by atoms with van der Waals surface area (Å²) in [6, 6.07) is 5.03. The third-order valence-electron chi connectivity index (χ3n) is 3.15.